The maximum Gasteiger partial charge on any atom is 0.419 e. The second kappa shape index (κ2) is 6.43. The van der Waals surface area contributed by atoms with Gasteiger partial charge in [0.05, 0.1) is 30.5 Å². The van der Waals surface area contributed by atoms with E-state index in [1.54, 1.807) is 0 Å². The van der Waals surface area contributed by atoms with Crippen molar-refractivity contribution in [2.75, 3.05) is 32.0 Å². The normalized spacial score (nSPS) is 29.1. The van der Waals surface area contributed by atoms with Crippen molar-refractivity contribution >= 4 is 5.82 Å². The lowest BCUT2D eigenvalue weighted by Crippen LogP contribution is -2.49. The molecule has 4 aliphatic rings. The summed E-state index contributed by atoms with van der Waals surface area (Å²) in [5.41, 5.74) is 5.48. The van der Waals surface area contributed by atoms with Crippen molar-refractivity contribution in [2.45, 2.75) is 37.5 Å². The number of fused-ring (bicyclic) bond motifs is 1. The number of nitrogens with two attached hydrogens (primary N) is 1. The fourth-order valence-corrected chi connectivity index (χ4v) is 5.08. The highest BCUT2D eigenvalue weighted by Crippen LogP contribution is 2.56. The number of piperidine rings is 1. The SMILES string of the molecule is Nc1ncc(-c2cn([C@@H]3[C@@H]4CN(C5COC5)C[C@@H]43)c(CC3CC3)n2)cc1C(F)(F)F. The predicted octanol–water partition coefficient (Wildman–Crippen LogP) is 3.00. The van der Waals surface area contributed by atoms with Gasteiger partial charge in [0.25, 0.3) is 0 Å². The van der Waals surface area contributed by atoms with Gasteiger partial charge in [-0.05, 0) is 36.7 Å². The molecule has 2 aliphatic heterocycles. The third kappa shape index (κ3) is 3.10. The number of imidazole rings is 1. The van der Waals surface area contributed by atoms with Crippen LogP contribution in [0.5, 0.6) is 0 Å². The number of likely N-dealkylation sites (tertiary alicyclic amines) is 1. The molecule has 2 saturated carbocycles. The molecule has 2 aromatic rings. The summed E-state index contributed by atoms with van der Waals surface area (Å²) >= 11 is 0. The van der Waals surface area contributed by atoms with E-state index in [0.29, 0.717) is 41.1 Å². The lowest BCUT2D eigenvalue weighted by atomic mass is 10.1. The number of hydrogen-bond donors (Lipinski definition) is 1. The van der Waals surface area contributed by atoms with E-state index in [-0.39, 0.29) is 0 Å². The minimum atomic E-state index is -4.53. The summed E-state index contributed by atoms with van der Waals surface area (Å²) in [5, 5.41) is 0. The number of anilines is 1. The van der Waals surface area contributed by atoms with E-state index in [4.69, 9.17) is 15.5 Å². The molecule has 0 aromatic carbocycles. The zero-order chi connectivity index (χ0) is 20.6. The van der Waals surface area contributed by atoms with E-state index in [0.717, 1.165) is 44.6 Å². The third-order valence-electron chi connectivity index (χ3n) is 7.13. The average Bonchev–Trinajstić information content (AvgIpc) is 3.48. The minimum Gasteiger partial charge on any atom is -0.383 e. The highest BCUT2D eigenvalue weighted by atomic mass is 19.4. The van der Waals surface area contributed by atoms with Crippen LogP contribution in [0.3, 0.4) is 0 Å². The maximum atomic E-state index is 13.3. The topological polar surface area (TPSA) is 69.2 Å². The number of nitrogen functional groups attached to an aromatic ring is 1. The molecule has 30 heavy (non-hydrogen) atoms. The Bertz CT molecular complexity index is 970. The van der Waals surface area contributed by atoms with Crippen molar-refractivity contribution < 1.29 is 17.9 Å². The van der Waals surface area contributed by atoms with Crippen molar-refractivity contribution in [3.8, 4) is 11.3 Å². The molecule has 2 aliphatic carbocycles. The van der Waals surface area contributed by atoms with Crippen LogP contribution in [-0.4, -0.2) is 51.8 Å². The number of rotatable bonds is 5. The highest BCUT2D eigenvalue weighted by Gasteiger charge is 2.58. The first-order valence-corrected chi connectivity index (χ1v) is 10.6. The summed E-state index contributed by atoms with van der Waals surface area (Å²) in [4.78, 5) is 11.1. The molecule has 2 saturated heterocycles. The molecular formula is C21H24F3N5O. The van der Waals surface area contributed by atoms with Gasteiger partial charge < -0.3 is 15.0 Å². The van der Waals surface area contributed by atoms with Crippen molar-refractivity contribution in [1.82, 2.24) is 19.4 Å². The van der Waals surface area contributed by atoms with Crippen LogP contribution in [0, 0.1) is 17.8 Å². The molecule has 0 amide bonds. The monoisotopic (exact) mass is 419 g/mol. The number of ether oxygens (including phenoxy) is 1. The Morgan fingerprint density at radius 1 is 1.17 bits per heavy atom. The Morgan fingerprint density at radius 2 is 1.90 bits per heavy atom. The lowest BCUT2D eigenvalue weighted by Gasteiger charge is -2.36. The number of hydrogen-bond acceptors (Lipinski definition) is 5. The molecule has 0 bridgehead atoms. The van der Waals surface area contributed by atoms with Gasteiger partial charge in [-0.15, -0.1) is 0 Å². The first-order valence-electron chi connectivity index (χ1n) is 10.6. The molecule has 0 unspecified atom stereocenters. The van der Waals surface area contributed by atoms with Gasteiger partial charge in [0.2, 0.25) is 0 Å². The smallest absolute Gasteiger partial charge is 0.383 e. The van der Waals surface area contributed by atoms with Crippen LogP contribution >= 0.6 is 0 Å². The van der Waals surface area contributed by atoms with Gasteiger partial charge in [-0.2, -0.15) is 13.2 Å². The quantitative estimate of drug-likeness (QED) is 0.807. The molecule has 9 heteroatoms. The number of pyridine rings is 1. The van der Waals surface area contributed by atoms with E-state index in [2.05, 4.69) is 14.5 Å². The Labute approximate surface area is 172 Å². The number of nitrogens with zero attached hydrogens (tertiary/aromatic N) is 4. The molecule has 2 aromatic heterocycles. The summed E-state index contributed by atoms with van der Waals surface area (Å²) in [6.45, 7) is 3.80. The largest absolute Gasteiger partial charge is 0.419 e. The Hall–Kier alpha value is -2.13. The number of halogens is 3. The van der Waals surface area contributed by atoms with Gasteiger partial charge in [-0.1, -0.05) is 0 Å². The van der Waals surface area contributed by atoms with E-state index >= 15 is 0 Å². The molecule has 3 atom stereocenters. The zero-order valence-electron chi connectivity index (χ0n) is 16.5. The van der Waals surface area contributed by atoms with Gasteiger partial charge in [-0.25, -0.2) is 9.97 Å². The first-order chi connectivity index (χ1) is 14.4. The lowest BCUT2D eigenvalue weighted by molar-refractivity contribution is -0.137. The second-order valence-electron chi connectivity index (χ2n) is 9.22. The Morgan fingerprint density at radius 3 is 2.50 bits per heavy atom. The van der Waals surface area contributed by atoms with E-state index < -0.39 is 17.6 Å². The fourth-order valence-electron chi connectivity index (χ4n) is 5.08. The van der Waals surface area contributed by atoms with Gasteiger partial charge >= 0.3 is 6.18 Å². The van der Waals surface area contributed by atoms with Gasteiger partial charge in [-0.3, -0.25) is 4.90 Å². The Balaban J connectivity index is 1.29. The van der Waals surface area contributed by atoms with Crippen LogP contribution in [0.2, 0.25) is 0 Å². The van der Waals surface area contributed by atoms with Crippen LogP contribution in [0.4, 0.5) is 19.0 Å². The predicted molar refractivity (Wildman–Crippen MR) is 103 cm³/mol. The zero-order valence-corrected chi connectivity index (χ0v) is 16.5. The Kier molecular flexibility index (Phi) is 3.99. The van der Waals surface area contributed by atoms with Crippen molar-refractivity contribution in [2.24, 2.45) is 17.8 Å². The van der Waals surface area contributed by atoms with Gasteiger partial charge in [0, 0.05) is 43.5 Å². The summed E-state index contributed by atoms with van der Waals surface area (Å²) in [6, 6.07) is 2.03. The van der Waals surface area contributed by atoms with Crippen LogP contribution in [0.15, 0.2) is 18.5 Å². The molecule has 0 radical (unpaired) electrons. The molecule has 4 fully saturated rings. The van der Waals surface area contributed by atoms with Gasteiger partial charge in [0.1, 0.15) is 11.6 Å². The number of aromatic nitrogens is 3. The minimum absolute atomic E-state index is 0.367. The molecule has 160 valence electrons. The summed E-state index contributed by atoms with van der Waals surface area (Å²) in [6.07, 6.45) is 2.10. The third-order valence-corrected chi connectivity index (χ3v) is 7.13. The van der Waals surface area contributed by atoms with Crippen LogP contribution in [0.1, 0.15) is 30.3 Å². The molecule has 4 heterocycles. The second-order valence-corrected chi connectivity index (χ2v) is 9.22. The van der Waals surface area contributed by atoms with Crippen molar-refractivity contribution in [1.29, 1.82) is 0 Å². The molecule has 6 rings (SSSR count). The first kappa shape index (κ1) is 18.6. The summed E-state index contributed by atoms with van der Waals surface area (Å²) in [7, 11) is 0. The average molecular weight is 419 g/mol. The van der Waals surface area contributed by atoms with Crippen LogP contribution in [-0.2, 0) is 17.3 Å². The summed E-state index contributed by atoms with van der Waals surface area (Å²) < 4.78 is 47.4. The van der Waals surface area contributed by atoms with E-state index in [1.807, 2.05) is 6.20 Å². The standard InChI is InChI=1S/C21H24F3N5O/c22-21(23,24)16-4-12(5-26-20(16)25)17-8-29(18(27-17)3-11-1-2-11)19-14-6-28(7-15(14)19)13-9-30-10-13/h4-5,8,11,13-15,19H,1-3,6-7,9-10H2,(H2,25,26)/t14-,15+,19-. The van der Waals surface area contributed by atoms with Crippen LogP contribution in [0.25, 0.3) is 11.3 Å². The highest BCUT2D eigenvalue weighted by molar-refractivity contribution is 5.62. The van der Waals surface area contributed by atoms with Crippen molar-refractivity contribution in [3.05, 3.63) is 29.8 Å². The fraction of sp³-hybridized carbons (Fsp3) is 0.619. The van der Waals surface area contributed by atoms with E-state index in [9.17, 15) is 13.2 Å². The summed E-state index contributed by atoms with van der Waals surface area (Å²) in [5.74, 6) is 2.34. The van der Waals surface area contributed by atoms with Gasteiger partial charge in [0.15, 0.2) is 0 Å². The van der Waals surface area contributed by atoms with E-state index in [1.165, 1.54) is 19.0 Å². The number of alkyl halides is 3. The maximum absolute atomic E-state index is 13.3. The molecule has 6 nitrogen and oxygen atoms in total. The van der Waals surface area contributed by atoms with Crippen molar-refractivity contribution in [3.63, 3.8) is 0 Å². The molecule has 2 N–H and O–H groups in total. The molecule has 0 spiro atoms. The van der Waals surface area contributed by atoms with Crippen LogP contribution < -0.4 is 5.73 Å². The molecular weight excluding hydrogens is 395 g/mol.